The maximum atomic E-state index is 12.0. The second-order valence-electron chi connectivity index (χ2n) is 5.01. The van der Waals surface area contributed by atoms with Crippen LogP contribution in [0.2, 0.25) is 0 Å². The lowest BCUT2D eigenvalue weighted by atomic mass is 9.93. The van der Waals surface area contributed by atoms with Gasteiger partial charge in [-0.2, -0.15) is 16.3 Å². The summed E-state index contributed by atoms with van der Waals surface area (Å²) < 4.78 is 5.17. The quantitative estimate of drug-likeness (QED) is 0.797. The van der Waals surface area contributed by atoms with E-state index in [1.54, 1.807) is 11.3 Å². The molecule has 2 aromatic rings. The zero-order chi connectivity index (χ0) is 16.0. The first-order valence-electron chi connectivity index (χ1n) is 7.26. The van der Waals surface area contributed by atoms with Gasteiger partial charge >= 0.3 is 0 Å². The normalized spacial score (nSPS) is 11.1. The first-order valence-corrected chi connectivity index (χ1v) is 8.20. The van der Waals surface area contributed by atoms with Gasteiger partial charge in [0.2, 0.25) is 17.6 Å². The van der Waals surface area contributed by atoms with Crippen molar-refractivity contribution >= 4 is 17.2 Å². The Kier molecular flexibility index (Phi) is 5.34. The summed E-state index contributed by atoms with van der Waals surface area (Å²) in [7, 11) is 0. The summed E-state index contributed by atoms with van der Waals surface area (Å²) in [6, 6.07) is 1.93. The van der Waals surface area contributed by atoms with Crippen molar-refractivity contribution in [2.75, 3.05) is 0 Å². The van der Waals surface area contributed by atoms with Crippen LogP contribution in [0.25, 0.3) is 11.4 Å². The zero-order valence-corrected chi connectivity index (χ0v) is 13.6. The highest BCUT2D eigenvalue weighted by Crippen LogP contribution is 2.19. The molecule has 5 nitrogen and oxygen atoms in total. The molecule has 6 heteroatoms. The maximum absolute atomic E-state index is 12.0. The van der Waals surface area contributed by atoms with Gasteiger partial charge in [-0.25, -0.2) is 0 Å². The fraction of sp³-hybridized carbons (Fsp3) is 0.438. The van der Waals surface area contributed by atoms with Gasteiger partial charge in [-0.15, -0.1) is 6.42 Å². The summed E-state index contributed by atoms with van der Waals surface area (Å²) in [5.41, 5.74) is 0.362. The SMILES string of the molecule is C#CC(CC)(CC)NC(=O)CCc1nc(-c2ccsc2)no1. The monoisotopic (exact) mass is 317 g/mol. The first-order chi connectivity index (χ1) is 10.6. The fourth-order valence-corrected chi connectivity index (χ4v) is 2.72. The van der Waals surface area contributed by atoms with Crippen LogP contribution in [0.3, 0.4) is 0 Å². The standard InChI is InChI=1S/C16H19N3O2S/c1-4-16(5-2,6-3)18-13(20)7-8-14-17-15(19-21-14)12-9-10-22-11-12/h1,9-11H,5-8H2,2-3H3,(H,18,20). The van der Waals surface area contributed by atoms with E-state index in [0.717, 1.165) is 5.56 Å². The molecule has 1 amide bonds. The minimum absolute atomic E-state index is 0.100. The molecule has 0 aliphatic carbocycles. The van der Waals surface area contributed by atoms with Crippen LogP contribution in [-0.2, 0) is 11.2 Å². The molecule has 0 saturated carbocycles. The largest absolute Gasteiger partial charge is 0.340 e. The van der Waals surface area contributed by atoms with Crippen LogP contribution >= 0.6 is 11.3 Å². The summed E-state index contributed by atoms with van der Waals surface area (Å²) >= 11 is 1.57. The lowest BCUT2D eigenvalue weighted by Gasteiger charge is -2.26. The molecule has 0 aliphatic rings. The number of nitrogens with zero attached hydrogens (tertiary/aromatic N) is 2. The lowest BCUT2D eigenvalue weighted by molar-refractivity contribution is -0.122. The van der Waals surface area contributed by atoms with E-state index >= 15 is 0 Å². The van der Waals surface area contributed by atoms with Crippen molar-refractivity contribution in [1.29, 1.82) is 0 Å². The average molecular weight is 317 g/mol. The highest BCUT2D eigenvalue weighted by atomic mass is 32.1. The Balaban J connectivity index is 1.91. The Hall–Kier alpha value is -2.13. The number of hydrogen-bond donors (Lipinski definition) is 1. The van der Waals surface area contributed by atoms with E-state index in [4.69, 9.17) is 10.9 Å². The van der Waals surface area contributed by atoms with Gasteiger partial charge < -0.3 is 9.84 Å². The third kappa shape index (κ3) is 3.74. The molecular formula is C16H19N3O2S. The Morgan fingerprint density at radius 1 is 1.50 bits per heavy atom. The molecule has 0 radical (unpaired) electrons. The van der Waals surface area contributed by atoms with Gasteiger partial charge in [0.25, 0.3) is 0 Å². The highest BCUT2D eigenvalue weighted by Gasteiger charge is 2.25. The van der Waals surface area contributed by atoms with E-state index in [-0.39, 0.29) is 12.3 Å². The molecule has 2 heterocycles. The molecule has 0 aliphatic heterocycles. The Morgan fingerprint density at radius 3 is 2.86 bits per heavy atom. The van der Waals surface area contributed by atoms with Crippen LogP contribution in [0.1, 0.15) is 39.0 Å². The van der Waals surface area contributed by atoms with Crippen molar-refractivity contribution in [3.05, 3.63) is 22.7 Å². The first kappa shape index (κ1) is 16.2. The smallest absolute Gasteiger partial charge is 0.227 e. The van der Waals surface area contributed by atoms with Crippen LogP contribution < -0.4 is 5.32 Å². The number of rotatable bonds is 7. The fourth-order valence-electron chi connectivity index (χ4n) is 2.08. The number of hydrogen-bond acceptors (Lipinski definition) is 5. The number of aryl methyl sites for hydroxylation is 1. The van der Waals surface area contributed by atoms with Crippen molar-refractivity contribution in [1.82, 2.24) is 15.5 Å². The summed E-state index contributed by atoms with van der Waals surface area (Å²) in [6.45, 7) is 3.93. The molecule has 0 spiro atoms. The molecule has 2 rings (SSSR count). The van der Waals surface area contributed by atoms with Crippen LogP contribution in [0.4, 0.5) is 0 Å². The van der Waals surface area contributed by atoms with Gasteiger partial charge in [-0.1, -0.05) is 24.9 Å². The summed E-state index contributed by atoms with van der Waals surface area (Å²) in [5, 5.41) is 10.7. The predicted molar refractivity (Wildman–Crippen MR) is 86.2 cm³/mol. The van der Waals surface area contributed by atoms with E-state index in [1.165, 1.54) is 0 Å². The van der Waals surface area contributed by atoms with Crippen molar-refractivity contribution in [3.8, 4) is 23.7 Å². The minimum atomic E-state index is -0.562. The van der Waals surface area contributed by atoms with Gasteiger partial charge in [0.05, 0.1) is 0 Å². The topological polar surface area (TPSA) is 68.0 Å². The van der Waals surface area contributed by atoms with E-state index < -0.39 is 5.54 Å². The van der Waals surface area contributed by atoms with Gasteiger partial charge in [0, 0.05) is 23.8 Å². The van der Waals surface area contributed by atoms with Crippen LogP contribution in [0.5, 0.6) is 0 Å². The van der Waals surface area contributed by atoms with Crippen LogP contribution in [-0.4, -0.2) is 21.6 Å². The number of thiophene rings is 1. The number of carbonyl (C=O) groups is 1. The number of terminal acetylenes is 1. The third-order valence-corrected chi connectivity index (χ3v) is 4.36. The number of aromatic nitrogens is 2. The lowest BCUT2D eigenvalue weighted by Crippen LogP contribution is -2.46. The zero-order valence-electron chi connectivity index (χ0n) is 12.8. The van der Waals surface area contributed by atoms with E-state index in [1.807, 2.05) is 30.7 Å². The molecule has 0 aromatic carbocycles. The van der Waals surface area contributed by atoms with Crippen molar-refractivity contribution in [3.63, 3.8) is 0 Å². The molecule has 2 aromatic heterocycles. The number of nitrogens with one attached hydrogen (secondary N) is 1. The number of amides is 1. The molecule has 1 N–H and O–H groups in total. The summed E-state index contributed by atoms with van der Waals surface area (Å²) in [6.07, 6.45) is 7.62. The molecule has 0 atom stereocenters. The molecule has 0 unspecified atom stereocenters. The predicted octanol–water partition coefficient (Wildman–Crippen LogP) is 3.04. The third-order valence-electron chi connectivity index (χ3n) is 3.68. The Morgan fingerprint density at radius 2 is 2.27 bits per heavy atom. The van der Waals surface area contributed by atoms with Gasteiger partial charge in [-0.3, -0.25) is 4.79 Å². The van der Waals surface area contributed by atoms with E-state index in [9.17, 15) is 4.79 Å². The average Bonchev–Trinajstić information content (AvgIpc) is 3.21. The second-order valence-corrected chi connectivity index (χ2v) is 5.79. The van der Waals surface area contributed by atoms with Crippen molar-refractivity contribution in [2.45, 2.75) is 45.1 Å². The van der Waals surface area contributed by atoms with Crippen molar-refractivity contribution in [2.24, 2.45) is 0 Å². The molecule has 0 bridgehead atoms. The summed E-state index contributed by atoms with van der Waals surface area (Å²) in [4.78, 5) is 16.3. The Labute approximate surface area is 134 Å². The van der Waals surface area contributed by atoms with E-state index in [2.05, 4.69) is 21.4 Å². The van der Waals surface area contributed by atoms with Crippen molar-refractivity contribution < 1.29 is 9.32 Å². The molecule has 0 fully saturated rings. The molecule has 116 valence electrons. The minimum Gasteiger partial charge on any atom is -0.340 e. The summed E-state index contributed by atoms with van der Waals surface area (Å²) in [5.74, 6) is 3.59. The van der Waals surface area contributed by atoms with Gasteiger partial charge in [0.1, 0.15) is 5.54 Å². The highest BCUT2D eigenvalue weighted by molar-refractivity contribution is 7.08. The molecule has 0 saturated heterocycles. The van der Waals surface area contributed by atoms with Crippen LogP contribution in [0.15, 0.2) is 21.3 Å². The van der Waals surface area contributed by atoms with Gasteiger partial charge in [0.15, 0.2) is 0 Å². The molecular weight excluding hydrogens is 298 g/mol. The second kappa shape index (κ2) is 7.23. The molecule has 22 heavy (non-hydrogen) atoms. The van der Waals surface area contributed by atoms with E-state index in [0.29, 0.717) is 31.0 Å². The van der Waals surface area contributed by atoms with Crippen LogP contribution in [0, 0.1) is 12.3 Å². The number of carbonyl (C=O) groups excluding carboxylic acids is 1. The maximum Gasteiger partial charge on any atom is 0.227 e. The Bertz CT molecular complexity index is 651. The van der Waals surface area contributed by atoms with Gasteiger partial charge in [-0.05, 0) is 24.3 Å².